The zero-order valence-electron chi connectivity index (χ0n) is 27.5. The minimum atomic E-state index is -0.0706. The van der Waals surface area contributed by atoms with Crippen molar-refractivity contribution < 1.29 is 9.15 Å². The summed E-state index contributed by atoms with van der Waals surface area (Å²) in [6.07, 6.45) is 4.46. The van der Waals surface area contributed by atoms with Crippen LogP contribution in [0.15, 0.2) is 174 Å². The molecule has 2 unspecified atom stereocenters. The van der Waals surface area contributed by atoms with E-state index in [1.165, 1.54) is 28.0 Å². The van der Waals surface area contributed by atoms with Crippen LogP contribution in [-0.2, 0) is 0 Å². The standard InChI is InChI=1S/C46H32N2O2/c1-29-41(26-24-38-37-17-8-9-18-42(37)49-44(29)38)48(35-16-10-15-34(27-35)30-11-4-2-5-12-30)36-23-21-31-19-20-32-22-25-40-45(43(32)39(31)28-36)50-46(47-40)33-13-6-3-7-14-33/h2-29,44H,1H3. The van der Waals surface area contributed by atoms with Crippen LogP contribution >= 0.6 is 0 Å². The summed E-state index contributed by atoms with van der Waals surface area (Å²) in [7, 11) is 0. The summed E-state index contributed by atoms with van der Waals surface area (Å²) in [5, 5.41) is 4.45. The van der Waals surface area contributed by atoms with Crippen LogP contribution in [0.25, 0.3) is 60.8 Å². The molecule has 8 aromatic rings. The SMILES string of the molecule is CC1C(N(c2cccc(-c3ccccc3)c2)c2ccc3ccc4ccc5nc(-c6ccccc6)oc5c4c3c2)=CC=C2c3ccccc3OC21. The van der Waals surface area contributed by atoms with E-state index in [9.17, 15) is 0 Å². The van der Waals surface area contributed by atoms with E-state index in [4.69, 9.17) is 14.1 Å². The van der Waals surface area contributed by atoms with Gasteiger partial charge in [-0.15, -0.1) is 0 Å². The summed E-state index contributed by atoms with van der Waals surface area (Å²) < 4.78 is 13.2. The number of fused-ring (bicyclic) bond motifs is 8. The molecule has 238 valence electrons. The maximum absolute atomic E-state index is 6.63. The predicted octanol–water partition coefficient (Wildman–Crippen LogP) is 12.0. The van der Waals surface area contributed by atoms with Gasteiger partial charge in [-0.1, -0.05) is 116 Å². The first kappa shape index (κ1) is 28.6. The van der Waals surface area contributed by atoms with Crippen molar-refractivity contribution in [3.05, 3.63) is 175 Å². The van der Waals surface area contributed by atoms with E-state index < -0.39 is 0 Å². The van der Waals surface area contributed by atoms with E-state index in [1.54, 1.807) is 0 Å². The molecule has 4 heteroatoms. The monoisotopic (exact) mass is 644 g/mol. The molecule has 0 saturated heterocycles. The third kappa shape index (κ3) is 4.56. The van der Waals surface area contributed by atoms with Crippen molar-refractivity contribution in [1.29, 1.82) is 0 Å². The fourth-order valence-electron chi connectivity index (χ4n) is 7.73. The Labute approximate surface area is 290 Å². The Hall–Kier alpha value is -6.39. The first-order valence-corrected chi connectivity index (χ1v) is 17.1. The Balaban J connectivity index is 1.18. The van der Waals surface area contributed by atoms with Gasteiger partial charge in [0.2, 0.25) is 5.89 Å². The maximum Gasteiger partial charge on any atom is 0.227 e. The maximum atomic E-state index is 6.63. The van der Waals surface area contributed by atoms with Crippen LogP contribution < -0.4 is 9.64 Å². The van der Waals surface area contributed by atoms with Gasteiger partial charge in [0.05, 0.1) is 0 Å². The number of anilines is 2. The minimum absolute atomic E-state index is 0.0706. The number of nitrogens with zero attached hydrogens (tertiary/aromatic N) is 2. The summed E-state index contributed by atoms with van der Waals surface area (Å²) in [4.78, 5) is 7.32. The zero-order chi connectivity index (χ0) is 33.2. The van der Waals surface area contributed by atoms with E-state index in [2.05, 4.69) is 139 Å². The molecule has 1 aromatic heterocycles. The van der Waals surface area contributed by atoms with Crippen LogP contribution in [-0.4, -0.2) is 11.1 Å². The molecule has 2 atom stereocenters. The summed E-state index contributed by atoms with van der Waals surface area (Å²) >= 11 is 0. The second-order valence-electron chi connectivity index (χ2n) is 13.2. The van der Waals surface area contributed by atoms with Crippen molar-refractivity contribution in [2.75, 3.05) is 4.90 Å². The molecule has 4 nitrogen and oxygen atoms in total. The number of ether oxygens (including phenoxy) is 1. The highest BCUT2D eigenvalue weighted by Crippen LogP contribution is 2.47. The molecule has 1 aliphatic heterocycles. The van der Waals surface area contributed by atoms with E-state index in [-0.39, 0.29) is 12.0 Å². The van der Waals surface area contributed by atoms with Gasteiger partial charge in [-0.05, 0) is 81.9 Å². The minimum Gasteiger partial charge on any atom is -0.484 e. The van der Waals surface area contributed by atoms with Gasteiger partial charge in [0.1, 0.15) is 17.4 Å². The topological polar surface area (TPSA) is 38.5 Å². The molecular formula is C46H32N2O2. The lowest BCUT2D eigenvalue weighted by atomic mass is 9.86. The molecule has 0 bridgehead atoms. The van der Waals surface area contributed by atoms with Gasteiger partial charge in [0.25, 0.3) is 0 Å². The van der Waals surface area contributed by atoms with Crippen molar-refractivity contribution in [2.45, 2.75) is 13.0 Å². The lowest BCUT2D eigenvalue weighted by Gasteiger charge is -2.36. The summed E-state index contributed by atoms with van der Waals surface area (Å²) in [6, 6.07) is 53.2. The number of oxazole rings is 1. The van der Waals surface area contributed by atoms with E-state index in [0.717, 1.165) is 55.3 Å². The van der Waals surface area contributed by atoms with Crippen molar-refractivity contribution >= 4 is 49.6 Å². The fourth-order valence-corrected chi connectivity index (χ4v) is 7.73. The molecule has 2 aliphatic rings. The molecule has 0 radical (unpaired) electrons. The van der Waals surface area contributed by atoms with Gasteiger partial charge in [-0.3, -0.25) is 0 Å². The van der Waals surface area contributed by atoms with Crippen LogP contribution in [0.1, 0.15) is 12.5 Å². The van der Waals surface area contributed by atoms with Crippen LogP contribution in [0.5, 0.6) is 5.75 Å². The van der Waals surface area contributed by atoms with E-state index in [0.29, 0.717) is 5.89 Å². The number of hydrogen-bond acceptors (Lipinski definition) is 4. The van der Waals surface area contributed by atoms with Crippen LogP contribution in [0.2, 0.25) is 0 Å². The van der Waals surface area contributed by atoms with Crippen molar-refractivity contribution in [2.24, 2.45) is 5.92 Å². The third-order valence-corrected chi connectivity index (χ3v) is 10.2. The number of rotatable bonds is 5. The van der Waals surface area contributed by atoms with Gasteiger partial charge in [-0.25, -0.2) is 4.98 Å². The highest BCUT2D eigenvalue weighted by atomic mass is 16.5. The molecule has 10 rings (SSSR count). The molecule has 7 aromatic carbocycles. The average molecular weight is 645 g/mol. The fraction of sp³-hybridized carbons (Fsp3) is 0.0652. The highest BCUT2D eigenvalue weighted by Gasteiger charge is 2.38. The van der Waals surface area contributed by atoms with Crippen LogP contribution in [0.3, 0.4) is 0 Å². The number of benzene rings is 7. The zero-order valence-corrected chi connectivity index (χ0v) is 27.5. The Morgan fingerprint density at radius 1 is 0.600 bits per heavy atom. The molecule has 0 saturated carbocycles. The summed E-state index contributed by atoms with van der Waals surface area (Å²) in [6.45, 7) is 2.28. The Morgan fingerprint density at radius 2 is 1.30 bits per heavy atom. The molecule has 1 aliphatic carbocycles. The van der Waals surface area contributed by atoms with Gasteiger partial charge in [0.15, 0.2) is 5.58 Å². The summed E-state index contributed by atoms with van der Waals surface area (Å²) in [5.41, 5.74) is 10.7. The summed E-state index contributed by atoms with van der Waals surface area (Å²) in [5.74, 6) is 1.66. The van der Waals surface area contributed by atoms with Gasteiger partial charge in [0, 0.05) is 45.1 Å². The average Bonchev–Trinajstić information content (AvgIpc) is 3.79. The predicted molar refractivity (Wildman–Crippen MR) is 205 cm³/mol. The van der Waals surface area contributed by atoms with Gasteiger partial charge >= 0.3 is 0 Å². The molecule has 0 fully saturated rings. The molecular weight excluding hydrogens is 613 g/mol. The lowest BCUT2D eigenvalue weighted by molar-refractivity contribution is 0.228. The second kappa shape index (κ2) is 11.4. The molecule has 0 spiro atoms. The molecule has 0 N–H and O–H groups in total. The second-order valence-corrected chi connectivity index (χ2v) is 13.2. The van der Waals surface area contributed by atoms with Gasteiger partial charge in [-0.2, -0.15) is 0 Å². The van der Waals surface area contributed by atoms with Crippen molar-refractivity contribution in [3.63, 3.8) is 0 Å². The Kier molecular flexibility index (Phi) is 6.50. The highest BCUT2D eigenvalue weighted by molar-refractivity contribution is 6.18. The first-order chi connectivity index (χ1) is 24.7. The van der Waals surface area contributed by atoms with Crippen LogP contribution in [0, 0.1) is 5.92 Å². The first-order valence-electron chi connectivity index (χ1n) is 17.1. The largest absolute Gasteiger partial charge is 0.484 e. The molecule has 2 heterocycles. The number of allylic oxidation sites excluding steroid dienone is 2. The number of hydrogen-bond donors (Lipinski definition) is 0. The lowest BCUT2D eigenvalue weighted by Crippen LogP contribution is -2.33. The van der Waals surface area contributed by atoms with Gasteiger partial charge < -0.3 is 14.1 Å². The molecule has 0 amide bonds. The quantitative estimate of drug-likeness (QED) is 0.175. The number of para-hydroxylation sites is 1. The third-order valence-electron chi connectivity index (χ3n) is 10.2. The van der Waals surface area contributed by atoms with Crippen LogP contribution in [0.4, 0.5) is 11.4 Å². The normalized spacial score (nSPS) is 16.5. The molecule has 50 heavy (non-hydrogen) atoms. The van der Waals surface area contributed by atoms with E-state index >= 15 is 0 Å². The number of aromatic nitrogens is 1. The van der Waals surface area contributed by atoms with Crippen molar-refractivity contribution in [1.82, 2.24) is 4.98 Å². The Morgan fingerprint density at radius 3 is 2.16 bits per heavy atom. The van der Waals surface area contributed by atoms with Crippen molar-refractivity contribution in [3.8, 4) is 28.3 Å². The smallest absolute Gasteiger partial charge is 0.227 e. The Bertz CT molecular complexity index is 2650. The van der Waals surface area contributed by atoms with E-state index in [1.807, 2.05) is 36.4 Å².